The molecule has 3 aromatic rings. The number of amides is 2. The molecule has 4 rings (SSSR count). The number of likely N-dealkylation sites (tertiary alicyclic amines) is 1. The van der Waals surface area contributed by atoms with Gasteiger partial charge in [-0.3, -0.25) is 19.4 Å². The van der Waals surface area contributed by atoms with Crippen LogP contribution in [-0.4, -0.2) is 39.9 Å². The number of nitrogens with one attached hydrogen (secondary N) is 2. The molecule has 1 aromatic carbocycles. The van der Waals surface area contributed by atoms with Crippen LogP contribution < -0.4 is 10.9 Å². The maximum atomic E-state index is 12.7. The average Bonchev–Trinajstić information content (AvgIpc) is 3.19. The molecule has 0 radical (unpaired) electrons. The van der Waals surface area contributed by atoms with Gasteiger partial charge < -0.3 is 14.7 Å². The molecule has 2 amide bonds. The molecule has 0 aliphatic carbocycles. The quantitative estimate of drug-likeness (QED) is 0.635. The predicted octanol–water partition coefficient (Wildman–Crippen LogP) is 3.02. The molecule has 1 aliphatic rings. The smallest absolute Gasteiger partial charge is 0.280 e. The third kappa shape index (κ3) is 5.02. The topological polar surface area (TPSA) is 108 Å². The molecule has 31 heavy (non-hydrogen) atoms. The van der Waals surface area contributed by atoms with E-state index in [9.17, 15) is 14.4 Å². The first-order valence-electron chi connectivity index (χ1n) is 10.6. The minimum absolute atomic E-state index is 0.00767. The number of aromatic amines is 1. The van der Waals surface area contributed by atoms with Gasteiger partial charge in [0, 0.05) is 50.0 Å². The molecule has 3 heterocycles. The number of aryl methyl sites for hydroxylation is 2. The molecule has 8 heteroatoms. The van der Waals surface area contributed by atoms with Crippen LogP contribution in [0.1, 0.15) is 37.0 Å². The van der Waals surface area contributed by atoms with Crippen molar-refractivity contribution in [2.45, 2.75) is 39.0 Å². The molecule has 2 aromatic heterocycles. The van der Waals surface area contributed by atoms with Gasteiger partial charge in [0.15, 0.2) is 0 Å². The van der Waals surface area contributed by atoms with Gasteiger partial charge in [-0.2, -0.15) is 5.16 Å². The van der Waals surface area contributed by atoms with Crippen LogP contribution in [0.3, 0.4) is 0 Å². The van der Waals surface area contributed by atoms with Crippen molar-refractivity contribution in [1.82, 2.24) is 15.0 Å². The summed E-state index contributed by atoms with van der Waals surface area (Å²) in [5, 5.41) is 6.25. The van der Waals surface area contributed by atoms with Crippen LogP contribution in [0.25, 0.3) is 10.9 Å². The van der Waals surface area contributed by atoms with E-state index in [-0.39, 0.29) is 23.3 Å². The number of aromatic nitrogens is 2. The Morgan fingerprint density at radius 1 is 1.26 bits per heavy atom. The Bertz CT molecular complexity index is 1140. The van der Waals surface area contributed by atoms with Gasteiger partial charge in [-0.05, 0) is 49.4 Å². The molecular formula is C23H26N4O4. The first kappa shape index (κ1) is 20.8. The fraction of sp³-hybridized carbons (Fsp3) is 0.391. The van der Waals surface area contributed by atoms with Gasteiger partial charge in [-0.1, -0.05) is 6.07 Å². The van der Waals surface area contributed by atoms with Gasteiger partial charge in [0.2, 0.25) is 11.8 Å². The number of hydrogen-bond acceptors (Lipinski definition) is 5. The third-order valence-corrected chi connectivity index (χ3v) is 5.86. The second-order valence-corrected chi connectivity index (χ2v) is 8.08. The summed E-state index contributed by atoms with van der Waals surface area (Å²) in [6, 6.07) is 9.12. The highest BCUT2D eigenvalue weighted by Crippen LogP contribution is 2.27. The third-order valence-electron chi connectivity index (χ3n) is 5.86. The number of fused-ring (bicyclic) bond motifs is 1. The Morgan fingerprint density at radius 2 is 2.06 bits per heavy atom. The van der Waals surface area contributed by atoms with Crippen molar-refractivity contribution in [2.24, 2.45) is 5.92 Å². The van der Waals surface area contributed by atoms with E-state index in [0.29, 0.717) is 38.1 Å². The van der Waals surface area contributed by atoms with Crippen molar-refractivity contribution >= 4 is 28.4 Å². The molecular weight excluding hydrogens is 396 g/mol. The minimum Gasteiger partial charge on any atom is -0.384 e. The zero-order valence-electron chi connectivity index (χ0n) is 17.5. The van der Waals surface area contributed by atoms with E-state index in [4.69, 9.17) is 4.52 Å². The Balaban J connectivity index is 1.27. The Kier molecular flexibility index (Phi) is 6.16. The van der Waals surface area contributed by atoms with Crippen LogP contribution in [0.5, 0.6) is 0 Å². The van der Waals surface area contributed by atoms with Crippen LogP contribution in [0, 0.1) is 12.8 Å². The number of rotatable bonds is 6. The number of hydrogen-bond donors (Lipinski definition) is 2. The van der Waals surface area contributed by atoms with E-state index in [1.165, 1.54) is 6.07 Å². The highest BCUT2D eigenvalue weighted by molar-refractivity contribution is 6.02. The zero-order chi connectivity index (χ0) is 21.8. The maximum Gasteiger partial charge on any atom is 0.280 e. The Morgan fingerprint density at radius 3 is 2.81 bits per heavy atom. The van der Waals surface area contributed by atoms with Crippen molar-refractivity contribution in [3.63, 3.8) is 0 Å². The second kappa shape index (κ2) is 9.16. The summed E-state index contributed by atoms with van der Waals surface area (Å²) in [4.78, 5) is 42.4. The summed E-state index contributed by atoms with van der Waals surface area (Å²) in [5.74, 6) is 0.779. The van der Waals surface area contributed by atoms with Crippen molar-refractivity contribution in [2.75, 3.05) is 18.4 Å². The lowest BCUT2D eigenvalue weighted by Crippen LogP contribution is -2.39. The number of pyridine rings is 1. The van der Waals surface area contributed by atoms with Crippen LogP contribution >= 0.6 is 0 Å². The van der Waals surface area contributed by atoms with Gasteiger partial charge in [0.1, 0.15) is 5.76 Å². The normalized spacial score (nSPS) is 14.7. The van der Waals surface area contributed by atoms with Gasteiger partial charge in [0.25, 0.3) is 5.56 Å². The molecule has 1 fully saturated rings. The van der Waals surface area contributed by atoms with E-state index in [1.807, 2.05) is 36.1 Å². The maximum absolute atomic E-state index is 12.7. The van der Waals surface area contributed by atoms with Gasteiger partial charge in [-0.25, -0.2) is 0 Å². The summed E-state index contributed by atoms with van der Waals surface area (Å²) in [7, 11) is 0. The molecule has 1 saturated heterocycles. The molecule has 0 bridgehead atoms. The molecule has 0 atom stereocenters. The number of H-pyrrole nitrogens is 1. The van der Waals surface area contributed by atoms with E-state index in [0.717, 1.165) is 35.0 Å². The summed E-state index contributed by atoms with van der Waals surface area (Å²) in [6.07, 6.45) is 4.49. The number of carbonyl (C=O) groups excluding carboxylic acids is 2. The SMILES string of the molecule is Cc1ccc2ncccc2c1NC(=O)CC1CCN(C(=O)CCc2cc(=O)[nH]o2)CC1. The standard InChI is InChI=1S/C23H26N4O4/c1-15-4-6-19-18(3-2-10-24-19)23(15)25-20(28)13-16-8-11-27(12-9-16)22(30)7-5-17-14-21(29)26-31-17/h2-4,6,10,14,16H,5,7-9,11-13H2,1H3,(H,25,28)(H,26,29). The number of nitrogens with zero attached hydrogens (tertiary/aromatic N) is 2. The lowest BCUT2D eigenvalue weighted by molar-refractivity contribution is -0.132. The van der Waals surface area contributed by atoms with Gasteiger partial charge >= 0.3 is 0 Å². The zero-order valence-corrected chi connectivity index (χ0v) is 17.5. The summed E-state index contributed by atoms with van der Waals surface area (Å²) in [6.45, 7) is 3.26. The minimum atomic E-state index is -0.295. The van der Waals surface area contributed by atoms with E-state index in [2.05, 4.69) is 15.5 Å². The van der Waals surface area contributed by atoms with E-state index in [1.54, 1.807) is 6.20 Å². The van der Waals surface area contributed by atoms with Crippen LogP contribution in [0.2, 0.25) is 0 Å². The molecule has 0 unspecified atom stereocenters. The highest BCUT2D eigenvalue weighted by atomic mass is 16.5. The van der Waals surface area contributed by atoms with Gasteiger partial charge in [-0.15, -0.1) is 0 Å². The molecule has 0 saturated carbocycles. The highest BCUT2D eigenvalue weighted by Gasteiger charge is 2.25. The number of piperidine rings is 1. The Labute approximate surface area is 179 Å². The van der Waals surface area contributed by atoms with E-state index >= 15 is 0 Å². The van der Waals surface area contributed by atoms with Gasteiger partial charge in [0.05, 0.1) is 11.2 Å². The molecule has 0 spiro atoms. The lowest BCUT2D eigenvalue weighted by atomic mass is 9.92. The number of benzene rings is 1. The van der Waals surface area contributed by atoms with Crippen molar-refractivity contribution in [1.29, 1.82) is 0 Å². The van der Waals surface area contributed by atoms with Crippen molar-refractivity contribution in [3.8, 4) is 0 Å². The summed E-state index contributed by atoms with van der Waals surface area (Å²) in [5.41, 5.74) is 2.39. The monoisotopic (exact) mass is 422 g/mol. The van der Waals surface area contributed by atoms with Crippen molar-refractivity contribution < 1.29 is 14.1 Å². The molecule has 1 aliphatic heterocycles. The summed E-state index contributed by atoms with van der Waals surface area (Å²) >= 11 is 0. The van der Waals surface area contributed by atoms with E-state index < -0.39 is 0 Å². The van der Waals surface area contributed by atoms with Crippen LogP contribution in [0.15, 0.2) is 45.8 Å². The Hall–Kier alpha value is -3.42. The largest absolute Gasteiger partial charge is 0.384 e. The predicted molar refractivity (Wildman–Crippen MR) is 117 cm³/mol. The summed E-state index contributed by atoms with van der Waals surface area (Å²) < 4.78 is 4.99. The first-order chi connectivity index (χ1) is 15.0. The second-order valence-electron chi connectivity index (χ2n) is 8.08. The number of carbonyl (C=O) groups is 2. The first-order valence-corrected chi connectivity index (χ1v) is 10.6. The van der Waals surface area contributed by atoms with Crippen LogP contribution in [-0.2, 0) is 16.0 Å². The number of anilines is 1. The fourth-order valence-corrected chi connectivity index (χ4v) is 4.10. The molecule has 162 valence electrons. The fourth-order valence-electron chi connectivity index (χ4n) is 4.10. The molecule has 8 nitrogen and oxygen atoms in total. The molecule has 2 N–H and O–H groups in total. The van der Waals surface area contributed by atoms with Crippen molar-refractivity contribution in [3.05, 3.63) is 58.2 Å². The lowest BCUT2D eigenvalue weighted by Gasteiger charge is -2.31. The van der Waals surface area contributed by atoms with Crippen LogP contribution in [0.4, 0.5) is 5.69 Å². The average molecular weight is 422 g/mol.